The van der Waals surface area contributed by atoms with Gasteiger partial charge in [-0.2, -0.15) is 5.10 Å². The van der Waals surface area contributed by atoms with Crippen molar-refractivity contribution in [1.82, 2.24) is 24.7 Å². The van der Waals surface area contributed by atoms with E-state index in [9.17, 15) is 4.79 Å². The Morgan fingerprint density at radius 2 is 2.04 bits per heavy atom. The molecule has 0 spiro atoms. The molecule has 4 heterocycles. The zero-order valence-corrected chi connectivity index (χ0v) is 14.8. The van der Waals surface area contributed by atoms with E-state index in [1.54, 1.807) is 22.0 Å². The summed E-state index contributed by atoms with van der Waals surface area (Å²) in [5.74, 6) is 0. The highest BCUT2D eigenvalue weighted by molar-refractivity contribution is 7.18. The molecule has 7 heteroatoms. The third-order valence-corrected chi connectivity index (χ3v) is 5.12. The number of hydrogen-bond donors (Lipinski definition) is 1. The highest BCUT2D eigenvalue weighted by atomic mass is 32.1. The fourth-order valence-electron chi connectivity index (χ4n) is 2.80. The number of aryl methyl sites for hydroxylation is 2. The summed E-state index contributed by atoms with van der Waals surface area (Å²) in [4.78, 5) is 21.9. The van der Waals surface area contributed by atoms with Gasteiger partial charge in [0.2, 0.25) is 0 Å². The third-order valence-electron chi connectivity index (χ3n) is 4.06. The van der Waals surface area contributed by atoms with Crippen LogP contribution in [0.4, 0.5) is 0 Å². The number of aromatic nitrogens is 5. The van der Waals surface area contributed by atoms with E-state index in [1.807, 2.05) is 44.4 Å². The van der Waals surface area contributed by atoms with Crippen LogP contribution in [0.3, 0.4) is 0 Å². The van der Waals surface area contributed by atoms with Crippen molar-refractivity contribution >= 4 is 22.4 Å². The maximum Gasteiger partial charge on any atom is 0.252 e. The van der Waals surface area contributed by atoms with E-state index in [2.05, 4.69) is 20.2 Å². The standard InChI is InChI=1S/C18H17N5OS/c1-3-8-23-15(24)7-6-13-16(21-22-17(13)23)14-10-20-18(25-14)12-5-4-11(2)19-9-12/h4-7,9-10H,3,8H2,1-2H3,(H,21,22). The zero-order chi connectivity index (χ0) is 17.4. The number of nitrogens with one attached hydrogen (secondary N) is 1. The predicted molar refractivity (Wildman–Crippen MR) is 99.7 cm³/mol. The van der Waals surface area contributed by atoms with Crippen molar-refractivity contribution in [2.75, 3.05) is 0 Å². The predicted octanol–water partition coefficient (Wildman–Crippen LogP) is 3.63. The molecule has 0 radical (unpaired) electrons. The van der Waals surface area contributed by atoms with E-state index in [0.717, 1.165) is 38.6 Å². The number of hydrogen-bond acceptors (Lipinski definition) is 5. The molecule has 0 atom stereocenters. The van der Waals surface area contributed by atoms with Gasteiger partial charge in [-0.15, -0.1) is 11.3 Å². The average Bonchev–Trinajstić information content (AvgIpc) is 3.25. The van der Waals surface area contributed by atoms with Crippen molar-refractivity contribution in [2.45, 2.75) is 26.8 Å². The molecule has 0 aromatic carbocycles. The Labute approximate surface area is 148 Å². The van der Waals surface area contributed by atoms with E-state index >= 15 is 0 Å². The summed E-state index contributed by atoms with van der Waals surface area (Å²) in [6.07, 6.45) is 4.55. The second-order valence-corrected chi connectivity index (χ2v) is 6.91. The quantitative estimate of drug-likeness (QED) is 0.609. The molecule has 4 aromatic heterocycles. The van der Waals surface area contributed by atoms with Crippen molar-refractivity contribution in [2.24, 2.45) is 0 Å². The SMILES string of the molecule is CCCn1c(=O)ccc2c(-c3cnc(-c4ccc(C)nc4)s3)[nH]nc21. The van der Waals surface area contributed by atoms with Gasteiger partial charge in [-0.1, -0.05) is 6.92 Å². The molecule has 0 saturated carbocycles. The molecule has 126 valence electrons. The number of H-pyrrole nitrogens is 1. The molecule has 25 heavy (non-hydrogen) atoms. The number of nitrogens with zero attached hydrogens (tertiary/aromatic N) is 4. The Kier molecular flexibility index (Phi) is 3.93. The molecule has 0 fully saturated rings. The van der Waals surface area contributed by atoms with Crippen LogP contribution in [0.2, 0.25) is 0 Å². The Morgan fingerprint density at radius 3 is 2.80 bits per heavy atom. The fraction of sp³-hybridized carbons (Fsp3) is 0.222. The molecule has 0 aliphatic rings. The highest BCUT2D eigenvalue weighted by Crippen LogP contribution is 2.34. The fourth-order valence-corrected chi connectivity index (χ4v) is 3.71. The number of rotatable bonds is 4. The summed E-state index contributed by atoms with van der Waals surface area (Å²) in [6, 6.07) is 7.43. The summed E-state index contributed by atoms with van der Waals surface area (Å²) >= 11 is 1.58. The second-order valence-electron chi connectivity index (χ2n) is 5.88. The number of pyridine rings is 2. The number of thiazole rings is 1. The van der Waals surface area contributed by atoms with Gasteiger partial charge in [0, 0.05) is 41.6 Å². The van der Waals surface area contributed by atoms with Crippen LogP contribution in [0.1, 0.15) is 19.0 Å². The average molecular weight is 351 g/mol. The molecular weight excluding hydrogens is 334 g/mol. The van der Waals surface area contributed by atoms with Gasteiger partial charge in [0.05, 0.1) is 10.6 Å². The van der Waals surface area contributed by atoms with E-state index in [0.29, 0.717) is 12.2 Å². The van der Waals surface area contributed by atoms with E-state index in [1.165, 1.54) is 0 Å². The number of aromatic amines is 1. The Hall–Kier alpha value is -2.80. The van der Waals surface area contributed by atoms with Crippen LogP contribution >= 0.6 is 11.3 Å². The maximum absolute atomic E-state index is 12.1. The monoisotopic (exact) mass is 351 g/mol. The molecule has 0 amide bonds. The van der Waals surface area contributed by atoms with Crippen molar-refractivity contribution < 1.29 is 0 Å². The summed E-state index contributed by atoms with van der Waals surface area (Å²) in [6.45, 7) is 4.66. The van der Waals surface area contributed by atoms with Crippen molar-refractivity contribution in [3.05, 3.63) is 52.7 Å². The van der Waals surface area contributed by atoms with Gasteiger partial charge >= 0.3 is 0 Å². The van der Waals surface area contributed by atoms with Gasteiger partial charge in [-0.3, -0.25) is 19.4 Å². The van der Waals surface area contributed by atoms with Crippen molar-refractivity contribution in [1.29, 1.82) is 0 Å². The van der Waals surface area contributed by atoms with Crippen LogP contribution in [0.15, 0.2) is 41.5 Å². The Morgan fingerprint density at radius 1 is 1.16 bits per heavy atom. The van der Waals surface area contributed by atoms with Gasteiger partial charge in [0.25, 0.3) is 5.56 Å². The lowest BCUT2D eigenvalue weighted by atomic mass is 10.2. The van der Waals surface area contributed by atoms with E-state index in [-0.39, 0.29) is 5.56 Å². The van der Waals surface area contributed by atoms with Gasteiger partial charge in [-0.05, 0) is 31.5 Å². The molecule has 4 rings (SSSR count). The van der Waals surface area contributed by atoms with Crippen molar-refractivity contribution in [3.8, 4) is 21.1 Å². The van der Waals surface area contributed by atoms with Crippen LogP contribution < -0.4 is 5.56 Å². The van der Waals surface area contributed by atoms with Crippen LogP contribution in [0, 0.1) is 6.92 Å². The molecule has 0 aliphatic heterocycles. The minimum absolute atomic E-state index is 0.0249. The summed E-state index contributed by atoms with van der Waals surface area (Å²) in [5, 5.41) is 9.29. The summed E-state index contributed by atoms with van der Waals surface area (Å²) in [7, 11) is 0. The molecular formula is C18H17N5OS. The zero-order valence-electron chi connectivity index (χ0n) is 14.0. The summed E-state index contributed by atoms with van der Waals surface area (Å²) < 4.78 is 1.71. The first-order valence-corrected chi connectivity index (χ1v) is 8.96. The normalized spacial score (nSPS) is 11.3. The number of fused-ring (bicyclic) bond motifs is 1. The van der Waals surface area contributed by atoms with Crippen LogP contribution in [-0.2, 0) is 6.54 Å². The smallest absolute Gasteiger partial charge is 0.252 e. The van der Waals surface area contributed by atoms with Crippen LogP contribution in [0.25, 0.3) is 32.2 Å². The molecule has 0 bridgehead atoms. The lowest BCUT2D eigenvalue weighted by Gasteiger charge is -2.03. The lowest BCUT2D eigenvalue weighted by molar-refractivity contribution is 0.671. The highest BCUT2D eigenvalue weighted by Gasteiger charge is 2.15. The van der Waals surface area contributed by atoms with Crippen LogP contribution in [0.5, 0.6) is 0 Å². The van der Waals surface area contributed by atoms with Gasteiger partial charge < -0.3 is 0 Å². The lowest BCUT2D eigenvalue weighted by Crippen LogP contribution is -2.19. The second kappa shape index (κ2) is 6.25. The third kappa shape index (κ3) is 2.76. The minimum Gasteiger partial charge on any atom is -0.291 e. The van der Waals surface area contributed by atoms with E-state index in [4.69, 9.17) is 0 Å². The van der Waals surface area contributed by atoms with Crippen molar-refractivity contribution in [3.63, 3.8) is 0 Å². The largest absolute Gasteiger partial charge is 0.291 e. The molecule has 1 N–H and O–H groups in total. The van der Waals surface area contributed by atoms with Gasteiger partial charge in [0.15, 0.2) is 5.65 Å². The van der Waals surface area contributed by atoms with Gasteiger partial charge in [0.1, 0.15) is 5.01 Å². The Bertz CT molecular complexity index is 1090. The summed E-state index contributed by atoms with van der Waals surface area (Å²) in [5.41, 5.74) is 3.53. The Balaban J connectivity index is 1.79. The maximum atomic E-state index is 12.1. The molecule has 0 aliphatic carbocycles. The topological polar surface area (TPSA) is 76.5 Å². The molecule has 0 unspecified atom stereocenters. The van der Waals surface area contributed by atoms with Gasteiger partial charge in [-0.25, -0.2) is 4.98 Å². The molecule has 4 aromatic rings. The van der Waals surface area contributed by atoms with E-state index < -0.39 is 0 Å². The first-order chi connectivity index (χ1) is 12.2. The minimum atomic E-state index is -0.0249. The first-order valence-electron chi connectivity index (χ1n) is 8.14. The first kappa shape index (κ1) is 15.7. The van der Waals surface area contributed by atoms with Crippen LogP contribution in [-0.4, -0.2) is 24.7 Å². The molecule has 0 saturated heterocycles. The molecule has 6 nitrogen and oxygen atoms in total.